The summed E-state index contributed by atoms with van der Waals surface area (Å²) in [6.07, 6.45) is 1.85. The number of nitrogens with zero attached hydrogens (tertiary/aromatic N) is 1. The summed E-state index contributed by atoms with van der Waals surface area (Å²) in [6, 6.07) is 5.40. The Morgan fingerprint density at radius 1 is 1.26 bits per heavy atom. The predicted octanol–water partition coefficient (Wildman–Crippen LogP) is 3.49. The van der Waals surface area contributed by atoms with E-state index < -0.39 is 0 Å². The molecule has 0 aliphatic carbocycles. The van der Waals surface area contributed by atoms with Gasteiger partial charge >= 0.3 is 0 Å². The summed E-state index contributed by atoms with van der Waals surface area (Å²) in [5, 5.41) is 4.40. The molecule has 1 aromatic carbocycles. The van der Waals surface area contributed by atoms with E-state index >= 15 is 0 Å². The van der Waals surface area contributed by atoms with Crippen LogP contribution in [0.2, 0.25) is 10.0 Å². The van der Waals surface area contributed by atoms with Crippen LogP contribution in [0.15, 0.2) is 18.2 Å². The fourth-order valence-corrected chi connectivity index (χ4v) is 2.90. The summed E-state index contributed by atoms with van der Waals surface area (Å²) in [7, 11) is 0. The molecule has 0 saturated carbocycles. The zero-order valence-electron chi connectivity index (χ0n) is 11.1. The average molecular weight is 301 g/mol. The van der Waals surface area contributed by atoms with Crippen molar-refractivity contribution < 1.29 is 4.79 Å². The Kier molecular flexibility index (Phi) is 4.71. The zero-order chi connectivity index (χ0) is 14.0. The second-order valence-corrected chi connectivity index (χ2v) is 6.01. The first-order valence-corrected chi connectivity index (χ1v) is 7.26. The third kappa shape index (κ3) is 3.62. The lowest BCUT2D eigenvalue weighted by Gasteiger charge is -2.33. The first-order valence-electron chi connectivity index (χ1n) is 6.51. The molecule has 104 valence electrons. The number of carbonyl (C=O) groups is 1. The predicted molar refractivity (Wildman–Crippen MR) is 80.1 cm³/mol. The Bertz CT molecular complexity index is 456. The van der Waals surface area contributed by atoms with E-state index in [1.807, 2.05) is 13.8 Å². The van der Waals surface area contributed by atoms with E-state index in [4.69, 9.17) is 23.2 Å². The molecule has 5 heteroatoms. The van der Waals surface area contributed by atoms with Gasteiger partial charge < -0.3 is 10.2 Å². The highest BCUT2D eigenvalue weighted by Gasteiger charge is 2.30. The Morgan fingerprint density at radius 2 is 1.89 bits per heavy atom. The van der Waals surface area contributed by atoms with E-state index in [9.17, 15) is 4.79 Å². The molecule has 1 heterocycles. The second kappa shape index (κ2) is 6.12. The van der Waals surface area contributed by atoms with Crippen molar-refractivity contribution in [2.24, 2.45) is 0 Å². The molecule has 2 rings (SSSR count). The number of rotatable bonds is 3. The van der Waals surface area contributed by atoms with Crippen molar-refractivity contribution in [3.8, 4) is 0 Å². The summed E-state index contributed by atoms with van der Waals surface area (Å²) < 4.78 is 0. The second-order valence-electron chi connectivity index (χ2n) is 5.13. The molecule has 0 bridgehead atoms. The van der Waals surface area contributed by atoms with Gasteiger partial charge in [-0.3, -0.25) is 4.79 Å². The molecule has 0 radical (unpaired) electrons. The summed E-state index contributed by atoms with van der Waals surface area (Å²) in [5.41, 5.74) is 0.776. The van der Waals surface area contributed by atoms with Crippen molar-refractivity contribution in [2.45, 2.75) is 38.8 Å². The fraction of sp³-hybridized carbons (Fsp3) is 0.500. The van der Waals surface area contributed by atoms with Gasteiger partial charge in [0.15, 0.2) is 0 Å². The summed E-state index contributed by atoms with van der Waals surface area (Å²) in [5.74, 6) is 0.0956. The largest absolute Gasteiger partial charge is 0.311 e. The van der Waals surface area contributed by atoms with Crippen LogP contribution in [0.4, 0.5) is 5.69 Å². The molecule has 0 aromatic heterocycles. The summed E-state index contributed by atoms with van der Waals surface area (Å²) in [4.78, 5) is 14.2. The van der Waals surface area contributed by atoms with Gasteiger partial charge in [0.1, 0.15) is 0 Å². The molecule has 1 fully saturated rings. The molecule has 19 heavy (non-hydrogen) atoms. The fourth-order valence-electron chi connectivity index (χ4n) is 2.38. The van der Waals surface area contributed by atoms with E-state index in [1.54, 1.807) is 23.1 Å². The van der Waals surface area contributed by atoms with Crippen LogP contribution >= 0.6 is 23.2 Å². The van der Waals surface area contributed by atoms with E-state index in [1.165, 1.54) is 0 Å². The highest BCUT2D eigenvalue weighted by atomic mass is 35.5. The lowest BCUT2D eigenvalue weighted by molar-refractivity contribution is -0.121. The van der Waals surface area contributed by atoms with Gasteiger partial charge in [0.25, 0.3) is 0 Å². The minimum Gasteiger partial charge on any atom is -0.311 e. The van der Waals surface area contributed by atoms with Crippen LogP contribution in [0.3, 0.4) is 0 Å². The van der Waals surface area contributed by atoms with Crippen LogP contribution < -0.4 is 10.2 Å². The molecule has 1 aromatic rings. The Labute approximate surface area is 123 Å². The van der Waals surface area contributed by atoms with Gasteiger partial charge in [-0.1, -0.05) is 37.0 Å². The van der Waals surface area contributed by atoms with Gasteiger partial charge in [0.2, 0.25) is 5.91 Å². The SMILES string of the molecule is CC(C)NC1CCCN(c2cc(Cl)cc(Cl)c2)C1=O. The van der Waals surface area contributed by atoms with Crippen molar-refractivity contribution in [1.82, 2.24) is 5.32 Å². The van der Waals surface area contributed by atoms with Crippen LogP contribution in [-0.2, 0) is 4.79 Å². The molecule has 1 unspecified atom stereocenters. The molecule has 1 saturated heterocycles. The van der Waals surface area contributed by atoms with Crippen LogP contribution in [-0.4, -0.2) is 24.5 Å². The highest BCUT2D eigenvalue weighted by molar-refractivity contribution is 6.35. The Hall–Kier alpha value is -0.770. The maximum Gasteiger partial charge on any atom is 0.244 e. The number of nitrogens with one attached hydrogen (secondary N) is 1. The molecular formula is C14H18Cl2N2O. The lowest BCUT2D eigenvalue weighted by Crippen LogP contribution is -2.52. The first kappa shape index (κ1) is 14.6. The average Bonchev–Trinajstić information content (AvgIpc) is 2.30. The van der Waals surface area contributed by atoms with Crippen LogP contribution in [0, 0.1) is 0 Å². The maximum atomic E-state index is 12.5. The van der Waals surface area contributed by atoms with Crippen molar-refractivity contribution >= 4 is 34.8 Å². The van der Waals surface area contributed by atoms with Crippen LogP contribution in [0.5, 0.6) is 0 Å². The third-order valence-electron chi connectivity index (χ3n) is 3.13. The zero-order valence-corrected chi connectivity index (χ0v) is 12.6. The van der Waals surface area contributed by atoms with E-state index in [2.05, 4.69) is 5.32 Å². The van der Waals surface area contributed by atoms with Gasteiger partial charge in [-0.05, 0) is 31.0 Å². The summed E-state index contributed by atoms with van der Waals surface area (Å²) in [6.45, 7) is 4.80. The van der Waals surface area contributed by atoms with Crippen LogP contribution in [0.1, 0.15) is 26.7 Å². The molecular weight excluding hydrogens is 283 g/mol. The van der Waals surface area contributed by atoms with Gasteiger partial charge in [-0.25, -0.2) is 0 Å². The van der Waals surface area contributed by atoms with Crippen molar-refractivity contribution in [3.05, 3.63) is 28.2 Å². The standard InChI is InChI=1S/C14H18Cl2N2O/c1-9(2)17-13-4-3-5-18(14(13)19)12-7-10(15)6-11(16)8-12/h6-9,13,17H,3-5H2,1-2H3. The number of benzene rings is 1. The van der Waals surface area contributed by atoms with Gasteiger partial charge in [0, 0.05) is 28.3 Å². The number of hydrogen-bond donors (Lipinski definition) is 1. The highest BCUT2D eigenvalue weighted by Crippen LogP contribution is 2.28. The van der Waals surface area contributed by atoms with E-state index in [0.717, 1.165) is 18.5 Å². The lowest BCUT2D eigenvalue weighted by atomic mass is 10.0. The van der Waals surface area contributed by atoms with Crippen molar-refractivity contribution in [3.63, 3.8) is 0 Å². The maximum absolute atomic E-state index is 12.5. The van der Waals surface area contributed by atoms with Crippen molar-refractivity contribution in [2.75, 3.05) is 11.4 Å². The van der Waals surface area contributed by atoms with Gasteiger partial charge in [-0.15, -0.1) is 0 Å². The van der Waals surface area contributed by atoms with Gasteiger partial charge in [0.05, 0.1) is 6.04 Å². The Balaban J connectivity index is 2.21. The van der Waals surface area contributed by atoms with Crippen molar-refractivity contribution in [1.29, 1.82) is 0 Å². The Morgan fingerprint density at radius 3 is 2.47 bits per heavy atom. The summed E-state index contributed by atoms with van der Waals surface area (Å²) >= 11 is 12.0. The first-order chi connectivity index (χ1) is 8.97. The number of halogens is 2. The minimum absolute atomic E-state index is 0.0956. The third-order valence-corrected chi connectivity index (χ3v) is 3.57. The normalized spacial score (nSPS) is 20.2. The smallest absolute Gasteiger partial charge is 0.244 e. The van der Waals surface area contributed by atoms with E-state index in [-0.39, 0.29) is 18.0 Å². The quantitative estimate of drug-likeness (QED) is 0.927. The number of piperidine rings is 1. The molecule has 0 spiro atoms. The minimum atomic E-state index is -0.119. The molecule has 1 aliphatic rings. The molecule has 1 atom stereocenters. The molecule has 1 amide bonds. The van der Waals surface area contributed by atoms with E-state index in [0.29, 0.717) is 16.6 Å². The van der Waals surface area contributed by atoms with Gasteiger partial charge in [-0.2, -0.15) is 0 Å². The number of hydrogen-bond acceptors (Lipinski definition) is 2. The van der Waals surface area contributed by atoms with Crippen LogP contribution in [0.25, 0.3) is 0 Å². The number of amides is 1. The number of carbonyl (C=O) groups excluding carboxylic acids is 1. The number of anilines is 1. The molecule has 3 nitrogen and oxygen atoms in total. The topological polar surface area (TPSA) is 32.3 Å². The monoisotopic (exact) mass is 300 g/mol. The molecule has 1 N–H and O–H groups in total. The molecule has 1 aliphatic heterocycles.